The minimum Gasteiger partial charge on any atom is -0.493 e. The molecule has 0 aliphatic carbocycles. The van der Waals surface area contributed by atoms with Gasteiger partial charge in [-0.25, -0.2) is 9.48 Å². The van der Waals surface area contributed by atoms with E-state index in [0.29, 0.717) is 22.5 Å². The fourth-order valence-electron chi connectivity index (χ4n) is 3.33. The van der Waals surface area contributed by atoms with Gasteiger partial charge in [0.25, 0.3) is 11.5 Å². The summed E-state index contributed by atoms with van der Waals surface area (Å²) in [4.78, 5) is 38.2. The number of anilines is 1. The quantitative estimate of drug-likeness (QED) is 0.527. The van der Waals surface area contributed by atoms with Gasteiger partial charge in [-0.05, 0) is 31.2 Å². The zero-order valence-electron chi connectivity index (χ0n) is 16.6. The zero-order chi connectivity index (χ0) is 21.4. The van der Waals surface area contributed by atoms with Crippen LogP contribution in [0.2, 0.25) is 0 Å². The number of ether oxygens (including phenoxy) is 1. The van der Waals surface area contributed by atoms with Gasteiger partial charge >= 0.3 is 5.63 Å². The summed E-state index contributed by atoms with van der Waals surface area (Å²) < 4.78 is 13.6. The van der Waals surface area contributed by atoms with E-state index in [2.05, 4.69) is 5.32 Å². The third kappa shape index (κ3) is 3.08. The molecule has 0 atom stereocenters. The molecular formula is C22H19N3O5. The van der Waals surface area contributed by atoms with E-state index < -0.39 is 17.1 Å². The average molecular weight is 405 g/mol. The van der Waals surface area contributed by atoms with Gasteiger partial charge in [0.05, 0.1) is 18.5 Å². The molecule has 1 amide bonds. The Labute approximate surface area is 170 Å². The van der Waals surface area contributed by atoms with E-state index in [1.807, 2.05) is 18.2 Å². The topological polar surface area (TPSA) is 95.5 Å². The first-order chi connectivity index (χ1) is 14.4. The first-order valence-electron chi connectivity index (χ1n) is 9.18. The molecule has 2 aromatic heterocycles. The summed E-state index contributed by atoms with van der Waals surface area (Å²) in [6.45, 7) is 1.71. The van der Waals surface area contributed by atoms with E-state index in [0.717, 1.165) is 0 Å². The first-order valence-corrected chi connectivity index (χ1v) is 9.18. The number of para-hydroxylation sites is 2. The van der Waals surface area contributed by atoms with Crippen molar-refractivity contribution in [3.8, 4) is 11.4 Å². The molecule has 0 radical (unpaired) electrons. The Bertz CT molecular complexity index is 1380. The molecular weight excluding hydrogens is 386 g/mol. The number of amides is 1. The van der Waals surface area contributed by atoms with Gasteiger partial charge in [0.2, 0.25) is 0 Å². The van der Waals surface area contributed by atoms with Gasteiger partial charge in [-0.1, -0.05) is 30.3 Å². The molecule has 152 valence electrons. The Balaban J connectivity index is 1.76. The van der Waals surface area contributed by atoms with Crippen LogP contribution in [0.25, 0.3) is 16.7 Å². The number of carbonyl (C=O) groups excluding carboxylic acids is 1. The molecule has 0 bridgehead atoms. The maximum absolute atomic E-state index is 13.0. The smallest absolute Gasteiger partial charge is 0.349 e. The van der Waals surface area contributed by atoms with Crippen molar-refractivity contribution in [3.63, 3.8) is 0 Å². The van der Waals surface area contributed by atoms with Crippen molar-refractivity contribution in [1.29, 1.82) is 0 Å². The zero-order valence-corrected chi connectivity index (χ0v) is 16.6. The summed E-state index contributed by atoms with van der Waals surface area (Å²) in [5, 5.41) is 3.11. The van der Waals surface area contributed by atoms with Gasteiger partial charge < -0.3 is 14.5 Å². The molecule has 8 nitrogen and oxygen atoms in total. The van der Waals surface area contributed by atoms with Gasteiger partial charge in [-0.15, -0.1) is 0 Å². The average Bonchev–Trinajstić information content (AvgIpc) is 2.96. The Kier molecular flexibility index (Phi) is 4.75. The van der Waals surface area contributed by atoms with Crippen molar-refractivity contribution < 1.29 is 13.9 Å². The third-order valence-electron chi connectivity index (χ3n) is 4.98. The summed E-state index contributed by atoms with van der Waals surface area (Å²) in [5.41, 5.74) is 0.128. The molecule has 0 spiro atoms. The largest absolute Gasteiger partial charge is 0.493 e. The number of nitrogens with one attached hydrogen (secondary N) is 1. The van der Waals surface area contributed by atoms with Crippen LogP contribution in [0.4, 0.5) is 5.69 Å². The van der Waals surface area contributed by atoms with E-state index in [-0.39, 0.29) is 16.8 Å². The maximum Gasteiger partial charge on any atom is 0.349 e. The number of rotatable bonds is 4. The SMILES string of the molecule is COc1cccc2cc(C(=O)Nc3c(C)n(C)n(-c4ccccc4)c3=O)c(=O)oc12. The number of benzene rings is 2. The van der Waals surface area contributed by atoms with E-state index in [1.54, 1.807) is 49.0 Å². The monoisotopic (exact) mass is 405 g/mol. The van der Waals surface area contributed by atoms with E-state index in [1.165, 1.54) is 17.9 Å². The molecule has 2 aromatic carbocycles. The molecule has 0 fully saturated rings. The predicted molar refractivity (Wildman–Crippen MR) is 113 cm³/mol. The fraction of sp³-hybridized carbons (Fsp3) is 0.136. The molecule has 0 aliphatic rings. The number of fused-ring (bicyclic) bond motifs is 1. The maximum atomic E-state index is 13.0. The van der Waals surface area contributed by atoms with Gasteiger partial charge in [-0.3, -0.25) is 14.3 Å². The first kappa shape index (κ1) is 19.3. The lowest BCUT2D eigenvalue weighted by atomic mass is 10.1. The molecule has 0 aliphatic heterocycles. The van der Waals surface area contributed by atoms with Crippen LogP contribution in [0.15, 0.2) is 68.6 Å². The van der Waals surface area contributed by atoms with Gasteiger partial charge in [0, 0.05) is 12.4 Å². The molecule has 2 heterocycles. The Morgan fingerprint density at radius 2 is 1.80 bits per heavy atom. The Morgan fingerprint density at radius 1 is 1.07 bits per heavy atom. The Hall–Kier alpha value is -4.07. The number of carbonyl (C=O) groups is 1. The highest BCUT2D eigenvalue weighted by atomic mass is 16.5. The van der Waals surface area contributed by atoms with Crippen LogP contribution in [0.1, 0.15) is 16.1 Å². The summed E-state index contributed by atoms with van der Waals surface area (Å²) in [5.74, 6) is -0.333. The number of hydrogen-bond donors (Lipinski definition) is 1. The number of nitrogens with zero attached hydrogens (tertiary/aromatic N) is 2. The van der Waals surface area contributed by atoms with Crippen molar-refractivity contribution >= 4 is 22.6 Å². The molecule has 0 saturated heterocycles. The second-order valence-corrected chi connectivity index (χ2v) is 6.72. The third-order valence-corrected chi connectivity index (χ3v) is 4.98. The van der Waals surface area contributed by atoms with Crippen molar-refractivity contribution in [3.05, 3.63) is 86.6 Å². The predicted octanol–water partition coefficient (Wildman–Crippen LogP) is 2.85. The second-order valence-electron chi connectivity index (χ2n) is 6.72. The van der Waals surface area contributed by atoms with Crippen LogP contribution in [-0.2, 0) is 7.05 Å². The summed E-state index contributed by atoms with van der Waals surface area (Å²) in [6, 6.07) is 15.6. The van der Waals surface area contributed by atoms with Crippen LogP contribution in [0.5, 0.6) is 5.75 Å². The molecule has 0 unspecified atom stereocenters. The highest BCUT2D eigenvalue weighted by molar-refractivity contribution is 6.05. The van der Waals surface area contributed by atoms with Crippen molar-refractivity contribution in [2.75, 3.05) is 12.4 Å². The molecule has 4 rings (SSSR count). The van der Waals surface area contributed by atoms with Crippen LogP contribution < -0.4 is 21.2 Å². The lowest BCUT2D eigenvalue weighted by Crippen LogP contribution is -2.25. The van der Waals surface area contributed by atoms with Crippen LogP contribution >= 0.6 is 0 Å². The summed E-state index contributed by atoms with van der Waals surface area (Å²) >= 11 is 0. The van der Waals surface area contributed by atoms with Crippen molar-refractivity contribution in [1.82, 2.24) is 9.36 Å². The van der Waals surface area contributed by atoms with Crippen LogP contribution in [-0.4, -0.2) is 22.4 Å². The summed E-state index contributed by atoms with van der Waals surface area (Å²) in [6.07, 6.45) is 0. The highest BCUT2D eigenvalue weighted by Gasteiger charge is 2.21. The second kappa shape index (κ2) is 7.40. The molecule has 0 saturated carbocycles. The number of methoxy groups -OCH3 is 1. The highest BCUT2D eigenvalue weighted by Crippen LogP contribution is 2.24. The normalized spacial score (nSPS) is 10.9. The Morgan fingerprint density at radius 3 is 2.50 bits per heavy atom. The standard InChI is InChI=1S/C22H19N3O5/c1-13-18(21(27)25(24(13)2)15-9-5-4-6-10-15)23-20(26)16-12-14-8-7-11-17(29-3)19(14)30-22(16)28/h4-12H,1-3H3,(H,23,26). The minimum atomic E-state index is -0.818. The van der Waals surface area contributed by atoms with Gasteiger partial charge in [-0.2, -0.15) is 0 Å². The fourth-order valence-corrected chi connectivity index (χ4v) is 3.33. The van der Waals surface area contributed by atoms with Crippen LogP contribution in [0.3, 0.4) is 0 Å². The van der Waals surface area contributed by atoms with Crippen molar-refractivity contribution in [2.24, 2.45) is 7.05 Å². The van der Waals surface area contributed by atoms with Gasteiger partial charge in [0.1, 0.15) is 11.3 Å². The minimum absolute atomic E-state index is 0.0940. The molecule has 30 heavy (non-hydrogen) atoms. The molecule has 1 N–H and O–H groups in total. The van der Waals surface area contributed by atoms with Gasteiger partial charge in [0.15, 0.2) is 11.3 Å². The summed E-state index contributed by atoms with van der Waals surface area (Å²) in [7, 11) is 3.18. The van der Waals surface area contributed by atoms with E-state index >= 15 is 0 Å². The van der Waals surface area contributed by atoms with Crippen LogP contribution in [0, 0.1) is 6.92 Å². The molecule has 8 heteroatoms. The van der Waals surface area contributed by atoms with Crippen molar-refractivity contribution in [2.45, 2.75) is 6.92 Å². The molecule has 4 aromatic rings. The lowest BCUT2D eigenvalue weighted by Gasteiger charge is -2.07. The number of hydrogen-bond acceptors (Lipinski definition) is 5. The van der Waals surface area contributed by atoms with E-state index in [4.69, 9.17) is 9.15 Å². The number of aromatic nitrogens is 2. The van der Waals surface area contributed by atoms with E-state index in [9.17, 15) is 14.4 Å². The lowest BCUT2D eigenvalue weighted by molar-refractivity contribution is 0.102.